The first-order valence-corrected chi connectivity index (χ1v) is 6.00. The Morgan fingerprint density at radius 2 is 1.55 bits per heavy atom. The van der Waals surface area contributed by atoms with Crippen molar-refractivity contribution in [1.82, 2.24) is 0 Å². The summed E-state index contributed by atoms with van der Waals surface area (Å²) in [5.74, 6) is 1.89. The topological polar surface area (TPSA) is 0 Å². The first-order chi connectivity index (χ1) is 4.96. The predicted octanol–water partition coefficient (Wildman–Crippen LogP) is 3.57. The molecule has 2 fully saturated rings. The normalized spacial score (nSPS) is 44.7. The van der Waals surface area contributed by atoms with E-state index in [1.54, 1.807) is 0 Å². The lowest BCUT2D eigenvalue weighted by Gasteiger charge is -2.64. The summed E-state index contributed by atoms with van der Waals surface area (Å²) in [4.78, 5) is 0. The molecule has 11 heavy (non-hydrogen) atoms. The van der Waals surface area contributed by atoms with Crippen LogP contribution in [-0.2, 0) is 0 Å². The highest BCUT2D eigenvalue weighted by Crippen LogP contribution is 2.75. The highest BCUT2D eigenvalue weighted by Gasteiger charge is 2.62. The van der Waals surface area contributed by atoms with Crippen molar-refractivity contribution in [3.63, 3.8) is 0 Å². The molecule has 1 heterocycles. The van der Waals surface area contributed by atoms with Crippen LogP contribution in [0.5, 0.6) is 0 Å². The van der Waals surface area contributed by atoms with Crippen molar-refractivity contribution in [3.05, 3.63) is 0 Å². The van der Waals surface area contributed by atoms with Crippen LogP contribution < -0.4 is 0 Å². The fraction of sp³-hybridized carbons (Fsp3) is 1.00. The third kappa shape index (κ3) is 0.983. The van der Waals surface area contributed by atoms with E-state index in [1.165, 1.54) is 6.42 Å². The smallest absolute Gasteiger partial charge is 0.0689 e. The van der Waals surface area contributed by atoms with Crippen molar-refractivity contribution < 1.29 is 0 Å². The Morgan fingerprint density at radius 3 is 1.73 bits per heavy atom. The largest absolute Gasteiger partial charge is 0.126 e. The van der Waals surface area contributed by atoms with Crippen molar-refractivity contribution in [1.29, 1.82) is 0 Å². The Kier molecular flexibility index (Phi) is 1.61. The van der Waals surface area contributed by atoms with Gasteiger partial charge in [-0.3, -0.25) is 0 Å². The lowest BCUT2D eigenvalue weighted by Crippen LogP contribution is -2.57. The third-order valence-corrected chi connectivity index (χ3v) is 7.12. The van der Waals surface area contributed by atoms with Crippen molar-refractivity contribution in [2.45, 2.75) is 42.3 Å². The molecule has 1 aliphatic heterocycles. The maximum absolute atomic E-state index is 2.40. The van der Waals surface area contributed by atoms with Crippen LogP contribution in [0.25, 0.3) is 0 Å². The minimum Gasteiger partial charge on any atom is -0.126 e. The van der Waals surface area contributed by atoms with E-state index in [0.717, 1.165) is 11.8 Å². The standard InChI is InChI=1S/C9H16S2/c1-6-5-7(2)9(6)10-8(3,4)11-9/h6-7H,5H2,1-4H3. The molecule has 0 amide bonds. The van der Waals surface area contributed by atoms with E-state index in [9.17, 15) is 0 Å². The molecule has 64 valence electrons. The van der Waals surface area contributed by atoms with Gasteiger partial charge in [0.25, 0.3) is 0 Å². The van der Waals surface area contributed by atoms with Gasteiger partial charge in [-0.25, -0.2) is 0 Å². The van der Waals surface area contributed by atoms with E-state index < -0.39 is 0 Å². The first kappa shape index (κ1) is 8.31. The molecule has 0 bridgehead atoms. The van der Waals surface area contributed by atoms with Crippen LogP contribution in [0.2, 0.25) is 0 Å². The fourth-order valence-corrected chi connectivity index (χ4v) is 6.93. The van der Waals surface area contributed by atoms with Crippen molar-refractivity contribution in [3.8, 4) is 0 Å². The van der Waals surface area contributed by atoms with Gasteiger partial charge in [0, 0.05) is 0 Å². The number of hydrogen-bond acceptors (Lipinski definition) is 2. The van der Waals surface area contributed by atoms with E-state index in [2.05, 4.69) is 51.2 Å². The summed E-state index contributed by atoms with van der Waals surface area (Å²) >= 11 is 4.40. The molecule has 0 aromatic rings. The molecule has 1 saturated carbocycles. The quantitative estimate of drug-likeness (QED) is 0.570. The molecule has 0 nitrogen and oxygen atoms in total. The molecular formula is C9H16S2. The van der Waals surface area contributed by atoms with Gasteiger partial charge in [0.1, 0.15) is 0 Å². The molecular weight excluding hydrogens is 172 g/mol. The first-order valence-electron chi connectivity index (χ1n) is 4.37. The van der Waals surface area contributed by atoms with E-state index in [-0.39, 0.29) is 0 Å². The zero-order valence-electron chi connectivity index (χ0n) is 7.68. The van der Waals surface area contributed by atoms with Crippen LogP contribution in [-0.4, -0.2) is 8.16 Å². The molecule has 0 aromatic heterocycles. The van der Waals surface area contributed by atoms with Crippen molar-refractivity contribution in [2.24, 2.45) is 11.8 Å². The molecule has 1 saturated heterocycles. The molecule has 1 spiro atoms. The lowest BCUT2D eigenvalue weighted by molar-refractivity contribution is 0.213. The Bertz CT molecular complexity index is 168. The molecule has 2 rings (SSSR count). The molecule has 1 aliphatic carbocycles. The van der Waals surface area contributed by atoms with Crippen LogP contribution in [0.3, 0.4) is 0 Å². The average Bonchev–Trinajstić information content (AvgIpc) is 1.83. The van der Waals surface area contributed by atoms with Gasteiger partial charge in [-0.05, 0) is 32.1 Å². The van der Waals surface area contributed by atoms with Crippen molar-refractivity contribution >= 4 is 23.5 Å². The van der Waals surface area contributed by atoms with Gasteiger partial charge in [-0.2, -0.15) is 0 Å². The minimum atomic E-state index is 0.503. The van der Waals surface area contributed by atoms with E-state index >= 15 is 0 Å². The summed E-state index contributed by atoms with van der Waals surface area (Å²) in [5.41, 5.74) is 0. The average molecular weight is 188 g/mol. The van der Waals surface area contributed by atoms with Gasteiger partial charge < -0.3 is 0 Å². The summed E-state index contributed by atoms with van der Waals surface area (Å²) in [6.45, 7) is 9.47. The number of thioether (sulfide) groups is 2. The monoisotopic (exact) mass is 188 g/mol. The fourth-order valence-electron chi connectivity index (χ4n) is 2.36. The Hall–Kier alpha value is 0.700. The van der Waals surface area contributed by atoms with Crippen LogP contribution in [0, 0.1) is 11.8 Å². The molecule has 2 atom stereocenters. The summed E-state index contributed by atoms with van der Waals surface area (Å²) in [6, 6.07) is 0. The number of rotatable bonds is 0. The zero-order valence-corrected chi connectivity index (χ0v) is 9.31. The van der Waals surface area contributed by atoms with Gasteiger partial charge in [0.2, 0.25) is 0 Å². The zero-order chi connectivity index (χ0) is 8.28. The minimum absolute atomic E-state index is 0.503. The van der Waals surface area contributed by atoms with Gasteiger partial charge in [-0.1, -0.05) is 13.8 Å². The highest BCUT2D eigenvalue weighted by molar-refractivity contribution is 8.35. The Labute approximate surface area is 77.9 Å². The van der Waals surface area contributed by atoms with Crippen molar-refractivity contribution in [2.75, 3.05) is 0 Å². The maximum Gasteiger partial charge on any atom is 0.0689 e. The second-order valence-electron chi connectivity index (χ2n) is 4.36. The Balaban J connectivity index is 2.06. The van der Waals surface area contributed by atoms with Gasteiger partial charge in [0.15, 0.2) is 0 Å². The molecule has 2 unspecified atom stereocenters. The van der Waals surface area contributed by atoms with E-state index in [1.807, 2.05) is 0 Å². The van der Waals surface area contributed by atoms with Gasteiger partial charge >= 0.3 is 0 Å². The number of hydrogen-bond donors (Lipinski definition) is 0. The lowest BCUT2D eigenvalue weighted by atomic mass is 9.76. The van der Waals surface area contributed by atoms with Gasteiger partial charge in [0.05, 0.1) is 8.16 Å². The van der Waals surface area contributed by atoms with E-state index in [4.69, 9.17) is 0 Å². The summed E-state index contributed by atoms with van der Waals surface area (Å²) in [7, 11) is 0. The highest BCUT2D eigenvalue weighted by atomic mass is 32.3. The molecule has 2 aliphatic rings. The summed E-state index contributed by atoms with van der Waals surface area (Å²) in [6.07, 6.45) is 1.44. The second kappa shape index (κ2) is 2.14. The summed E-state index contributed by atoms with van der Waals surface area (Å²) in [5, 5.41) is 0. The molecule has 2 heteroatoms. The van der Waals surface area contributed by atoms with Crippen LogP contribution in [0.15, 0.2) is 0 Å². The molecule has 0 N–H and O–H groups in total. The van der Waals surface area contributed by atoms with Crippen LogP contribution in [0.4, 0.5) is 0 Å². The van der Waals surface area contributed by atoms with E-state index in [0.29, 0.717) is 8.16 Å². The molecule has 0 radical (unpaired) electrons. The SMILES string of the molecule is CC1CC(C)C12SC(C)(C)S2. The van der Waals surface area contributed by atoms with Crippen LogP contribution >= 0.6 is 23.5 Å². The second-order valence-corrected chi connectivity index (χ2v) is 8.68. The summed E-state index contributed by atoms with van der Waals surface area (Å²) < 4.78 is 1.13. The molecule has 0 aromatic carbocycles. The van der Waals surface area contributed by atoms with Crippen LogP contribution in [0.1, 0.15) is 34.1 Å². The predicted molar refractivity (Wildman–Crippen MR) is 54.9 cm³/mol. The maximum atomic E-state index is 2.40. The van der Waals surface area contributed by atoms with Gasteiger partial charge in [-0.15, -0.1) is 23.5 Å². The third-order valence-electron chi connectivity index (χ3n) is 2.89. The Morgan fingerprint density at radius 1 is 1.09 bits per heavy atom.